The number of amides is 2. The molecule has 2 rings (SSSR count). The first-order valence-electron chi connectivity index (χ1n) is 9.03. The first-order valence-corrected chi connectivity index (χ1v) is 9.03. The average Bonchev–Trinajstić information content (AvgIpc) is 2.65. The Morgan fingerprint density at radius 1 is 1.37 bits per heavy atom. The maximum atomic E-state index is 12.4. The van der Waals surface area contributed by atoms with E-state index in [4.69, 9.17) is 9.47 Å². The first-order chi connectivity index (χ1) is 12.5. The van der Waals surface area contributed by atoms with Crippen molar-refractivity contribution in [1.29, 1.82) is 0 Å². The van der Waals surface area contributed by atoms with E-state index in [-0.39, 0.29) is 42.9 Å². The molecule has 1 aromatic carbocycles. The van der Waals surface area contributed by atoms with Crippen LogP contribution in [0.5, 0.6) is 5.75 Å². The summed E-state index contributed by atoms with van der Waals surface area (Å²) >= 11 is 0. The zero-order chi connectivity index (χ0) is 18.9. The van der Waals surface area contributed by atoms with Crippen LogP contribution in [0.1, 0.15) is 31.4 Å². The Balaban J connectivity index is 0.00000364. The van der Waals surface area contributed by atoms with Crippen LogP contribution in [-0.4, -0.2) is 63.2 Å². The lowest BCUT2D eigenvalue weighted by Gasteiger charge is -2.25. The van der Waals surface area contributed by atoms with Crippen molar-refractivity contribution in [2.75, 3.05) is 40.5 Å². The van der Waals surface area contributed by atoms with E-state index >= 15 is 0 Å². The smallest absolute Gasteiger partial charge is 0.259 e. The van der Waals surface area contributed by atoms with Crippen molar-refractivity contribution in [3.8, 4) is 5.75 Å². The van der Waals surface area contributed by atoms with Gasteiger partial charge in [0.1, 0.15) is 5.75 Å². The third-order valence-electron chi connectivity index (χ3n) is 4.32. The second kappa shape index (κ2) is 11.8. The molecule has 7 nitrogen and oxygen atoms in total. The van der Waals surface area contributed by atoms with E-state index in [0.717, 1.165) is 18.5 Å². The van der Waals surface area contributed by atoms with Crippen molar-refractivity contribution in [1.82, 2.24) is 15.5 Å². The fraction of sp³-hybridized carbons (Fsp3) is 0.579. The number of morpholine rings is 1. The Hall–Kier alpha value is -1.83. The summed E-state index contributed by atoms with van der Waals surface area (Å²) in [6.07, 6.45) is 1.10. The molecule has 0 saturated carbocycles. The van der Waals surface area contributed by atoms with Gasteiger partial charge >= 0.3 is 0 Å². The molecule has 0 aliphatic carbocycles. The van der Waals surface area contributed by atoms with E-state index in [1.807, 2.05) is 31.2 Å². The number of carbonyl (C=O) groups excluding carboxylic acids is 2. The Morgan fingerprint density at radius 2 is 2.11 bits per heavy atom. The molecule has 2 amide bonds. The summed E-state index contributed by atoms with van der Waals surface area (Å²) in [5.41, 5.74) is 0.878. The van der Waals surface area contributed by atoms with Crippen LogP contribution < -0.4 is 15.4 Å². The predicted molar refractivity (Wildman–Crippen MR) is 106 cm³/mol. The van der Waals surface area contributed by atoms with Crippen LogP contribution in [0.15, 0.2) is 24.3 Å². The molecule has 2 atom stereocenters. The largest absolute Gasteiger partial charge is 0.483 e. The number of benzene rings is 1. The first kappa shape index (κ1) is 23.2. The number of nitrogens with one attached hydrogen (secondary N) is 2. The number of ether oxygens (including phenoxy) is 2. The highest BCUT2D eigenvalue weighted by molar-refractivity contribution is 5.85. The predicted octanol–water partition coefficient (Wildman–Crippen LogP) is 1.52. The van der Waals surface area contributed by atoms with E-state index in [1.165, 1.54) is 4.90 Å². The van der Waals surface area contributed by atoms with E-state index in [2.05, 4.69) is 10.6 Å². The van der Waals surface area contributed by atoms with Crippen molar-refractivity contribution >= 4 is 24.2 Å². The average molecular weight is 400 g/mol. The molecule has 27 heavy (non-hydrogen) atoms. The van der Waals surface area contributed by atoms with Gasteiger partial charge in [-0.1, -0.05) is 25.1 Å². The molecule has 1 aliphatic rings. The number of para-hydroxylation sites is 1. The van der Waals surface area contributed by atoms with Gasteiger partial charge in [-0.15, -0.1) is 12.4 Å². The van der Waals surface area contributed by atoms with E-state index in [0.29, 0.717) is 25.4 Å². The number of rotatable bonds is 8. The van der Waals surface area contributed by atoms with E-state index in [9.17, 15) is 9.59 Å². The molecular weight excluding hydrogens is 370 g/mol. The summed E-state index contributed by atoms with van der Waals surface area (Å²) < 4.78 is 11.1. The van der Waals surface area contributed by atoms with Gasteiger partial charge in [0.2, 0.25) is 5.91 Å². The molecule has 2 N–H and O–H groups in total. The number of nitrogens with zero attached hydrogens (tertiary/aromatic N) is 1. The normalized spacial score (nSPS) is 17.4. The molecule has 1 aliphatic heterocycles. The molecule has 8 heteroatoms. The molecule has 0 spiro atoms. The Morgan fingerprint density at radius 3 is 2.74 bits per heavy atom. The summed E-state index contributed by atoms with van der Waals surface area (Å²) in [5.74, 6) is 0.480. The highest BCUT2D eigenvalue weighted by Crippen LogP contribution is 2.27. The van der Waals surface area contributed by atoms with E-state index in [1.54, 1.807) is 14.1 Å². The molecule has 0 bridgehead atoms. The number of halogens is 1. The van der Waals surface area contributed by atoms with Gasteiger partial charge in [-0.3, -0.25) is 9.59 Å². The number of carbonyl (C=O) groups is 2. The Labute approximate surface area is 167 Å². The molecule has 1 heterocycles. The molecular formula is C19H30ClN3O4. The van der Waals surface area contributed by atoms with Crippen molar-refractivity contribution in [2.45, 2.75) is 31.8 Å². The van der Waals surface area contributed by atoms with Gasteiger partial charge in [-0.2, -0.15) is 0 Å². The van der Waals surface area contributed by atoms with Crippen molar-refractivity contribution in [3.05, 3.63) is 29.8 Å². The molecule has 2 unspecified atom stereocenters. The van der Waals surface area contributed by atoms with Gasteiger partial charge in [0.15, 0.2) is 6.61 Å². The molecule has 0 radical (unpaired) electrons. The lowest BCUT2D eigenvalue weighted by atomic mass is 10.0. The zero-order valence-corrected chi connectivity index (χ0v) is 17.0. The minimum Gasteiger partial charge on any atom is -0.483 e. The van der Waals surface area contributed by atoms with Gasteiger partial charge in [0, 0.05) is 38.7 Å². The molecule has 1 saturated heterocycles. The van der Waals surface area contributed by atoms with Gasteiger partial charge < -0.3 is 25.0 Å². The maximum absolute atomic E-state index is 12.4. The van der Waals surface area contributed by atoms with Crippen LogP contribution >= 0.6 is 12.4 Å². The summed E-state index contributed by atoms with van der Waals surface area (Å²) in [6, 6.07) is 7.39. The zero-order valence-electron chi connectivity index (χ0n) is 16.2. The number of hydrogen-bond acceptors (Lipinski definition) is 5. The monoisotopic (exact) mass is 399 g/mol. The minimum absolute atomic E-state index is 0. The number of hydrogen-bond donors (Lipinski definition) is 2. The minimum atomic E-state index is -0.169. The highest BCUT2D eigenvalue weighted by Gasteiger charge is 2.21. The Bertz CT molecular complexity index is 606. The standard InChI is InChI=1S/C19H29N3O4.ClH/c1-4-16(21-18(23)11-14-12-25-10-9-20-14)15-7-5-6-8-17(15)26-13-19(24)22(2)3;/h5-8,14,16,20H,4,9-13H2,1-3H3,(H,21,23);1H. The van der Waals surface area contributed by atoms with Crippen LogP contribution in [0, 0.1) is 0 Å². The van der Waals surface area contributed by atoms with Crippen molar-refractivity contribution in [2.24, 2.45) is 0 Å². The highest BCUT2D eigenvalue weighted by atomic mass is 35.5. The van der Waals surface area contributed by atoms with Gasteiger partial charge in [0.05, 0.1) is 19.3 Å². The third-order valence-corrected chi connectivity index (χ3v) is 4.32. The molecule has 152 valence electrons. The van der Waals surface area contributed by atoms with Crippen molar-refractivity contribution in [3.63, 3.8) is 0 Å². The summed E-state index contributed by atoms with van der Waals surface area (Å²) in [6.45, 7) is 3.99. The van der Waals surface area contributed by atoms with Gasteiger partial charge in [-0.05, 0) is 12.5 Å². The van der Waals surface area contributed by atoms with Crippen LogP contribution in [0.25, 0.3) is 0 Å². The summed E-state index contributed by atoms with van der Waals surface area (Å²) in [5, 5.41) is 6.35. The number of likely N-dealkylation sites (N-methyl/N-ethyl adjacent to an activating group) is 1. The van der Waals surface area contributed by atoms with Gasteiger partial charge in [0.25, 0.3) is 5.91 Å². The summed E-state index contributed by atoms with van der Waals surface area (Å²) in [4.78, 5) is 25.7. The fourth-order valence-corrected chi connectivity index (χ4v) is 2.80. The maximum Gasteiger partial charge on any atom is 0.259 e. The van der Waals surface area contributed by atoms with Gasteiger partial charge in [-0.25, -0.2) is 0 Å². The van der Waals surface area contributed by atoms with Crippen LogP contribution in [0.3, 0.4) is 0 Å². The molecule has 1 aromatic rings. The van der Waals surface area contributed by atoms with Crippen LogP contribution in [0.2, 0.25) is 0 Å². The molecule has 0 aromatic heterocycles. The third kappa shape index (κ3) is 7.36. The molecule has 1 fully saturated rings. The van der Waals surface area contributed by atoms with Crippen LogP contribution in [0.4, 0.5) is 0 Å². The SMILES string of the molecule is CCC(NC(=O)CC1COCCN1)c1ccccc1OCC(=O)N(C)C.Cl. The topological polar surface area (TPSA) is 79.9 Å². The van der Waals surface area contributed by atoms with Crippen molar-refractivity contribution < 1.29 is 19.1 Å². The Kier molecular flexibility index (Phi) is 10.1. The summed E-state index contributed by atoms with van der Waals surface area (Å²) in [7, 11) is 3.38. The fourth-order valence-electron chi connectivity index (χ4n) is 2.80. The quantitative estimate of drug-likeness (QED) is 0.692. The lowest BCUT2D eigenvalue weighted by molar-refractivity contribution is -0.130. The lowest BCUT2D eigenvalue weighted by Crippen LogP contribution is -2.44. The second-order valence-electron chi connectivity index (χ2n) is 6.57. The second-order valence-corrected chi connectivity index (χ2v) is 6.57. The van der Waals surface area contributed by atoms with Crippen LogP contribution in [-0.2, 0) is 14.3 Å². The van der Waals surface area contributed by atoms with E-state index < -0.39 is 0 Å².